The van der Waals surface area contributed by atoms with Crippen molar-refractivity contribution in [2.45, 2.75) is 59.0 Å². The monoisotopic (exact) mass is 201 g/mol. The van der Waals surface area contributed by atoms with E-state index in [0.29, 0.717) is 6.61 Å². The average Bonchev–Trinajstić information content (AvgIpc) is 2.03. The molecule has 0 amide bonds. The molecule has 0 radical (unpaired) electrons. The van der Waals surface area contributed by atoms with Gasteiger partial charge in [-0.25, -0.2) is 0 Å². The van der Waals surface area contributed by atoms with Gasteiger partial charge >= 0.3 is 7.25 Å². The molecule has 0 saturated heterocycles. The molecule has 0 aliphatic heterocycles. The largest absolute Gasteiger partial charge is 0.552 e. The number of unbranched alkanes of at least 4 members (excludes halogenated alkanes) is 1. The molecule has 0 aromatic carbocycles. The van der Waals surface area contributed by atoms with E-state index in [-0.39, 0.29) is 5.60 Å². The molecule has 4 heteroatoms. The van der Waals surface area contributed by atoms with E-state index in [0.717, 1.165) is 25.7 Å². The molecule has 0 spiro atoms. The van der Waals surface area contributed by atoms with E-state index in [1.54, 1.807) is 0 Å². The number of nitrogens with two attached hydrogens (primary N) is 1. The van der Waals surface area contributed by atoms with Crippen LogP contribution in [0.15, 0.2) is 0 Å². The Labute approximate surface area is 88.5 Å². The summed E-state index contributed by atoms with van der Waals surface area (Å²) >= 11 is 0. The molecule has 2 N–H and O–H groups in total. The summed E-state index contributed by atoms with van der Waals surface area (Å²) in [6.45, 7) is 9.02. The maximum atomic E-state index is 5.69. The van der Waals surface area contributed by atoms with Gasteiger partial charge < -0.3 is 15.0 Å². The first-order valence-corrected chi connectivity index (χ1v) is 5.57. The highest BCUT2D eigenvalue weighted by Crippen LogP contribution is 2.16. The molecular weight excluding hydrogens is 177 g/mol. The molecule has 0 heterocycles. The molecule has 0 bridgehead atoms. The quantitative estimate of drug-likeness (QED) is 0.484. The van der Waals surface area contributed by atoms with Crippen LogP contribution in [0.2, 0.25) is 0 Å². The number of rotatable bonds is 8. The molecule has 0 atom stereocenters. The molecule has 84 valence electrons. The van der Waals surface area contributed by atoms with Gasteiger partial charge in [0.05, 0.1) is 0 Å². The van der Waals surface area contributed by atoms with Crippen molar-refractivity contribution in [2.75, 3.05) is 6.61 Å². The molecular formula is C10H24BNO2. The zero-order valence-electron chi connectivity index (χ0n) is 10.0. The average molecular weight is 201 g/mol. The van der Waals surface area contributed by atoms with E-state index < -0.39 is 7.25 Å². The lowest BCUT2D eigenvalue weighted by molar-refractivity contribution is 0.0577. The van der Waals surface area contributed by atoms with Gasteiger partial charge in [0.1, 0.15) is 0 Å². The second kappa shape index (κ2) is 7.26. The predicted octanol–water partition coefficient (Wildman–Crippen LogP) is 2.34. The fourth-order valence-electron chi connectivity index (χ4n) is 1.35. The van der Waals surface area contributed by atoms with E-state index in [9.17, 15) is 0 Å². The molecule has 3 nitrogen and oxygen atoms in total. The van der Waals surface area contributed by atoms with Crippen LogP contribution in [0, 0.1) is 0 Å². The van der Waals surface area contributed by atoms with Gasteiger partial charge in [0, 0.05) is 12.2 Å². The maximum absolute atomic E-state index is 5.69. The van der Waals surface area contributed by atoms with Crippen LogP contribution in [0.3, 0.4) is 0 Å². The molecule has 0 unspecified atom stereocenters. The minimum atomic E-state index is -0.580. The summed E-state index contributed by atoms with van der Waals surface area (Å²) in [5.41, 5.74) is 5.51. The van der Waals surface area contributed by atoms with Crippen molar-refractivity contribution < 1.29 is 9.31 Å². The van der Waals surface area contributed by atoms with Gasteiger partial charge in [0.2, 0.25) is 0 Å². The molecule has 14 heavy (non-hydrogen) atoms. The van der Waals surface area contributed by atoms with Gasteiger partial charge in [0.15, 0.2) is 0 Å². The van der Waals surface area contributed by atoms with Crippen molar-refractivity contribution in [3.05, 3.63) is 0 Å². The van der Waals surface area contributed by atoms with Crippen LogP contribution < -0.4 is 5.64 Å². The zero-order chi connectivity index (χ0) is 11.0. The fourth-order valence-corrected chi connectivity index (χ4v) is 1.35. The number of hydrogen-bond acceptors (Lipinski definition) is 3. The SMILES string of the molecule is CCCCOB(N)OC(C)(C)CCC. The molecule has 0 aromatic heterocycles. The lowest BCUT2D eigenvalue weighted by atomic mass is 9.99. The van der Waals surface area contributed by atoms with Crippen molar-refractivity contribution in [1.29, 1.82) is 0 Å². The molecule has 0 saturated carbocycles. The van der Waals surface area contributed by atoms with Gasteiger partial charge in [0.25, 0.3) is 0 Å². The van der Waals surface area contributed by atoms with Crippen LogP contribution in [-0.2, 0) is 9.31 Å². The summed E-state index contributed by atoms with van der Waals surface area (Å²) in [5.74, 6) is 0. The third-order valence-electron chi connectivity index (χ3n) is 2.07. The van der Waals surface area contributed by atoms with Crippen molar-refractivity contribution in [3.8, 4) is 0 Å². The second-order valence-electron chi connectivity index (χ2n) is 4.22. The third kappa shape index (κ3) is 7.36. The van der Waals surface area contributed by atoms with Crippen molar-refractivity contribution in [3.63, 3.8) is 0 Å². The summed E-state index contributed by atoms with van der Waals surface area (Å²) in [4.78, 5) is 0. The first-order valence-electron chi connectivity index (χ1n) is 5.57. The predicted molar refractivity (Wildman–Crippen MR) is 60.9 cm³/mol. The summed E-state index contributed by atoms with van der Waals surface area (Å²) < 4.78 is 10.9. The van der Waals surface area contributed by atoms with Gasteiger partial charge in [-0.3, -0.25) is 0 Å². The Hall–Kier alpha value is -0.0551. The lowest BCUT2D eigenvalue weighted by Crippen LogP contribution is -2.42. The van der Waals surface area contributed by atoms with Crippen LogP contribution >= 0.6 is 0 Å². The Bertz CT molecular complexity index is 142. The highest BCUT2D eigenvalue weighted by atomic mass is 16.6. The Balaban J connectivity index is 3.63. The molecule has 0 rings (SSSR count). The summed E-state index contributed by atoms with van der Waals surface area (Å²) in [6.07, 6.45) is 4.24. The van der Waals surface area contributed by atoms with Gasteiger partial charge in [-0.05, 0) is 26.7 Å². The topological polar surface area (TPSA) is 44.5 Å². The summed E-state index contributed by atoms with van der Waals surface area (Å²) in [7, 11) is -0.580. The normalized spacial score (nSPS) is 11.8. The standard InChI is InChI=1S/C10H24BNO2/c1-5-7-9-13-11(12)14-10(3,4)8-6-2/h5-9,12H2,1-4H3. The Morgan fingerprint density at radius 1 is 1.21 bits per heavy atom. The van der Waals surface area contributed by atoms with Crippen LogP contribution in [-0.4, -0.2) is 19.5 Å². The van der Waals surface area contributed by atoms with Gasteiger partial charge in [-0.15, -0.1) is 0 Å². The van der Waals surface area contributed by atoms with Gasteiger partial charge in [-0.2, -0.15) is 0 Å². The maximum Gasteiger partial charge on any atom is 0.552 e. The van der Waals surface area contributed by atoms with Crippen LogP contribution in [0.25, 0.3) is 0 Å². The van der Waals surface area contributed by atoms with Crippen molar-refractivity contribution in [2.24, 2.45) is 5.64 Å². The Kier molecular flexibility index (Phi) is 7.24. The van der Waals surface area contributed by atoms with E-state index in [1.165, 1.54) is 0 Å². The summed E-state index contributed by atoms with van der Waals surface area (Å²) in [6, 6.07) is 0. The van der Waals surface area contributed by atoms with Crippen molar-refractivity contribution >= 4 is 7.25 Å². The molecule has 0 aromatic rings. The van der Waals surface area contributed by atoms with Crippen LogP contribution in [0.5, 0.6) is 0 Å². The van der Waals surface area contributed by atoms with E-state index in [4.69, 9.17) is 15.0 Å². The lowest BCUT2D eigenvalue weighted by Gasteiger charge is -2.26. The zero-order valence-corrected chi connectivity index (χ0v) is 10.0. The first kappa shape index (κ1) is 13.9. The van der Waals surface area contributed by atoms with E-state index in [2.05, 4.69) is 13.8 Å². The van der Waals surface area contributed by atoms with Crippen LogP contribution in [0.4, 0.5) is 0 Å². The smallest absolute Gasteiger partial charge is 0.397 e. The van der Waals surface area contributed by atoms with E-state index >= 15 is 0 Å². The number of hydrogen-bond donors (Lipinski definition) is 1. The summed E-state index contributed by atoms with van der Waals surface area (Å²) in [5, 5.41) is 0. The molecule has 0 aliphatic rings. The second-order valence-corrected chi connectivity index (χ2v) is 4.22. The van der Waals surface area contributed by atoms with Crippen molar-refractivity contribution in [1.82, 2.24) is 0 Å². The van der Waals surface area contributed by atoms with E-state index in [1.807, 2.05) is 13.8 Å². The molecule has 0 aliphatic carbocycles. The minimum Gasteiger partial charge on any atom is -0.397 e. The first-order chi connectivity index (χ1) is 6.52. The highest BCUT2D eigenvalue weighted by molar-refractivity contribution is 6.40. The minimum absolute atomic E-state index is 0.180. The Morgan fingerprint density at radius 2 is 1.86 bits per heavy atom. The molecule has 0 fully saturated rings. The fraction of sp³-hybridized carbons (Fsp3) is 1.00. The third-order valence-corrected chi connectivity index (χ3v) is 2.07. The van der Waals surface area contributed by atoms with Crippen LogP contribution in [0.1, 0.15) is 53.4 Å². The van der Waals surface area contributed by atoms with Gasteiger partial charge in [-0.1, -0.05) is 26.7 Å². The Morgan fingerprint density at radius 3 is 2.36 bits per heavy atom. The highest BCUT2D eigenvalue weighted by Gasteiger charge is 2.24.